The first-order chi connectivity index (χ1) is 18.3. The van der Waals surface area contributed by atoms with Crippen LogP contribution in [0.3, 0.4) is 0 Å². The average Bonchev–Trinajstić information content (AvgIpc) is 3.25. The molecule has 0 radical (unpaired) electrons. The van der Waals surface area contributed by atoms with Gasteiger partial charge in [-0.05, 0) is 40.0 Å². The SMILES string of the molecule is C/C1=C/C(=O)OC[C@]23CC[C@](C)(O)[C@H]4CC5(O)C(O[C@H]42)C(O)C(OC(=O)/C=C\C=C/[C@@H]2O[C@H](C1)O[C@H]2C)C53C. The second-order valence-corrected chi connectivity index (χ2v) is 12.7. The number of ether oxygens (including phenoxy) is 5. The molecule has 7 aliphatic rings. The van der Waals surface area contributed by atoms with E-state index < -0.39 is 70.6 Å². The van der Waals surface area contributed by atoms with Gasteiger partial charge in [-0.2, -0.15) is 0 Å². The van der Waals surface area contributed by atoms with Crippen LogP contribution in [0.5, 0.6) is 0 Å². The Morgan fingerprint density at radius 1 is 0.974 bits per heavy atom. The summed E-state index contributed by atoms with van der Waals surface area (Å²) in [5.41, 5.74) is -4.23. The van der Waals surface area contributed by atoms with E-state index in [0.717, 1.165) is 5.57 Å². The number of hydrogen-bond acceptors (Lipinski definition) is 10. The number of aliphatic hydroxyl groups excluding tert-OH is 1. The van der Waals surface area contributed by atoms with Crippen LogP contribution in [0.2, 0.25) is 0 Å². The van der Waals surface area contributed by atoms with Crippen LogP contribution in [0, 0.1) is 16.7 Å². The molecule has 0 aromatic carbocycles. The molecule has 7 rings (SSSR count). The van der Waals surface area contributed by atoms with Gasteiger partial charge in [0.25, 0.3) is 0 Å². The van der Waals surface area contributed by atoms with E-state index in [2.05, 4.69) is 0 Å². The number of allylic oxidation sites excluding steroid dienone is 2. The van der Waals surface area contributed by atoms with Gasteiger partial charge in [0.1, 0.15) is 36.6 Å². The van der Waals surface area contributed by atoms with E-state index >= 15 is 0 Å². The molecule has 12 atom stereocenters. The molecule has 5 unspecified atom stereocenters. The highest BCUT2D eigenvalue weighted by atomic mass is 16.7. The van der Waals surface area contributed by atoms with E-state index in [1.807, 2.05) is 6.92 Å². The van der Waals surface area contributed by atoms with Crippen molar-refractivity contribution in [3.63, 3.8) is 0 Å². The minimum absolute atomic E-state index is 0.132. The highest BCUT2D eigenvalue weighted by Gasteiger charge is 2.86. The van der Waals surface area contributed by atoms with Gasteiger partial charge < -0.3 is 39.0 Å². The molecule has 0 aromatic heterocycles. The third-order valence-corrected chi connectivity index (χ3v) is 10.6. The standard InChI is InChI=1S/C29H38O10/c1-15-11-20(31)35-14-28-10-9-26(3,33)17-13-29(34)25(39-23(17)28)22(32)24(27(28,29)4)38-19(30)8-6-5-7-18-16(2)36-21(12-15)37-18/h5-8,11,16-18,21-25,32-34H,9-10,12-14H2,1-4H3/b7-5-,8-6-,15-11-/t16-,17-,18-,21+,22?,23+,24?,25?,26-,27?,28+,29?/m0/s1. The van der Waals surface area contributed by atoms with Crippen molar-refractivity contribution in [2.45, 2.75) is 107 Å². The summed E-state index contributed by atoms with van der Waals surface area (Å²) in [6.07, 6.45) is 3.79. The Labute approximate surface area is 227 Å². The molecule has 6 fully saturated rings. The predicted octanol–water partition coefficient (Wildman–Crippen LogP) is 1.46. The molecule has 3 saturated heterocycles. The first-order valence-electron chi connectivity index (χ1n) is 13.8. The summed E-state index contributed by atoms with van der Waals surface area (Å²) in [7, 11) is 0. The second-order valence-electron chi connectivity index (χ2n) is 12.7. The van der Waals surface area contributed by atoms with E-state index in [9.17, 15) is 24.9 Å². The number of hydrogen-bond donors (Lipinski definition) is 3. The molecule has 10 nitrogen and oxygen atoms in total. The summed E-state index contributed by atoms with van der Waals surface area (Å²) in [6.45, 7) is 7.08. The Balaban J connectivity index is 1.41. The minimum Gasteiger partial charge on any atom is -0.462 e. The normalized spacial score (nSPS) is 56.0. The van der Waals surface area contributed by atoms with Crippen LogP contribution in [0.15, 0.2) is 36.0 Å². The van der Waals surface area contributed by atoms with Gasteiger partial charge >= 0.3 is 11.9 Å². The van der Waals surface area contributed by atoms with Gasteiger partial charge in [0.2, 0.25) is 0 Å². The van der Waals surface area contributed by atoms with Crippen molar-refractivity contribution in [1.29, 1.82) is 0 Å². The van der Waals surface area contributed by atoms with E-state index in [-0.39, 0.29) is 25.2 Å². The van der Waals surface area contributed by atoms with Crippen LogP contribution in [-0.4, -0.2) is 88.0 Å². The van der Waals surface area contributed by atoms with Crippen LogP contribution >= 0.6 is 0 Å². The molecular weight excluding hydrogens is 508 g/mol. The first-order valence-corrected chi connectivity index (χ1v) is 13.8. The summed E-state index contributed by atoms with van der Waals surface area (Å²) < 4.78 is 29.9. The van der Waals surface area contributed by atoms with Crippen LogP contribution in [0.4, 0.5) is 0 Å². The van der Waals surface area contributed by atoms with Crippen LogP contribution < -0.4 is 0 Å². The third kappa shape index (κ3) is 3.75. The van der Waals surface area contributed by atoms with Crippen LogP contribution in [-0.2, 0) is 33.3 Å². The molecule has 3 saturated carbocycles. The van der Waals surface area contributed by atoms with Crippen molar-refractivity contribution in [2.75, 3.05) is 6.61 Å². The van der Waals surface area contributed by atoms with Crippen molar-refractivity contribution >= 4 is 11.9 Å². The largest absolute Gasteiger partial charge is 0.462 e. The predicted molar refractivity (Wildman–Crippen MR) is 135 cm³/mol. The summed E-state index contributed by atoms with van der Waals surface area (Å²) in [5.74, 6) is -1.70. The molecule has 0 aromatic rings. The van der Waals surface area contributed by atoms with Crippen molar-refractivity contribution < 1.29 is 48.6 Å². The molecule has 4 heterocycles. The van der Waals surface area contributed by atoms with Gasteiger partial charge in [-0.25, -0.2) is 9.59 Å². The summed E-state index contributed by atoms with van der Waals surface area (Å²) in [5, 5.41) is 34.8. The number of carbonyl (C=O) groups is 2. The van der Waals surface area contributed by atoms with E-state index in [4.69, 9.17) is 23.7 Å². The first kappa shape index (κ1) is 27.1. The Kier molecular flexibility index (Phi) is 6.23. The topological polar surface area (TPSA) is 141 Å². The monoisotopic (exact) mass is 546 g/mol. The summed E-state index contributed by atoms with van der Waals surface area (Å²) >= 11 is 0. The lowest BCUT2D eigenvalue weighted by molar-refractivity contribution is -0.378. The van der Waals surface area contributed by atoms with Crippen molar-refractivity contribution in [3.8, 4) is 0 Å². The van der Waals surface area contributed by atoms with Crippen LogP contribution in [0.25, 0.3) is 0 Å². The van der Waals surface area contributed by atoms with Gasteiger partial charge in [0.15, 0.2) is 6.29 Å². The molecular formula is C29H38O10. The van der Waals surface area contributed by atoms with Gasteiger partial charge in [-0.3, -0.25) is 0 Å². The Bertz CT molecular complexity index is 1140. The van der Waals surface area contributed by atoms with Gasteiger partial charge in [0.05, 0.1) is 23.2 Å². The lowest BCUT2D eigenvalue weighted by Crippen LogP contribution is -2.80. The fraction of sp³-hybridized carbons (Fsp3) is 0.724. The lowest BCUT2D eigenvalue weighted by atomic mass is 9.40. The third-order valence-electron chi connectivity index (χ3n) is 10.6. The maximum atomic E-state index is 13.0. The van der Waals surface area contributed by atoms with Crippen molar-refractivity contribution in [2.24, 2.45) is 16.7 Å². The quantitative estimate of drug-likeness (QED) is 0.383. The molecule has 10 heteroatoms. The van der Waals surface area contributed by atoms with Crippen LogP contribution in [0.1, 0.15) is 53.4 Å². The molecule has 8 bridgehead atoms. The van der Waals surface area contributed by atoms with Gasteiger partial charge in [0, 0.05) is 29.9 Å². The highest BCUT2D eigenvalue weighted by molar-refractivity contribution is 5.83. The van der Waals surface area contributed by atoms with Gasteiger partial charge in [-0.15, -0.1) is 0 Å². The highest BCUT2D eigenvalue weighted by Crippen LogP contribution is 2.74. The number of cyclic esters (lactones) is 1. The molecule has 214 valence electrons. The maximum Gasteiger partial charge on any atom is 0.331 e. The minimum atomic E-state index is -1.62. The average molecular weight is 547 g/mol. The molecule has 3 N–H and O–H groups in total. The number of fused-ring (bicyclic) bond motifs is 2. The molecule has 3 aliphatic carbocycles. The maximum absolute atomic E-state index is 13.0. The zero-order valence-electron chi connectivity index (χ0n) is 22.7. The number of rotatable bonds is 0. The van der Waals surface area contributed by atoms with E-state index in [1.54, 1.807) is 39.0 Å². The van der Waals surface area contributed by atoms with Gasteiger partial charge in [-0.1, -0.05) is 30.7 Å². The Hall–Kier alpha value is -2.08. The number of esters is 2. The van der Waals surface area contributed by atoms with Crippen molar-refractivity contribution in [1.82, 2.24) is 0 Å². The number of aliphatic hydroxyl groups is 3. The van der Waals surface area contributed by atoms with Crippen molar-refractivity contribution in [3.05, 3.63) is 36.0 Å². The zero-order valence-corrected chi connectivity index (χ0v) is 22.7. The molecule has 39 heavy (non-hydrogen) atoms. The number of carbonyl (C=O) groups excluding carboxylic acids is 2. The molecule has 0 amide bonds. The lowest BCUT2D eigenvalue weighted by Gasteiger charge is -2.71. The summed E-state index contributed by atoms with van der Waals surface area (Å²) in [4.78, 5) is 26.0. The second kappa shape index (κ2) is 8.96. The molecule has 1 spiro atoms. The smallest absolute Gasteiger partial charge is 0.331 e. The van der Waals surface area contributed by atoms with E-state index in [0.29, 0.717) is 19.3 Å². The fourth-order valence-corrected chi connectivity index (χ4v) is 8.34. The molecule has 4 aliphatic heterocycles. The Morgan fingerprint density at radius 2 is 1.74 bits per heavy atom. The zero-order chi connectivity index (χ0) is 28.0. The fourth-order valence-electron chi connectivity index (χ4n) is 8.34. The Morgan fingerprint density at radius 3 is 2.51 bits per heavy atom. The van der Waals surface area contributed by atoms with E-state index in [1.165, 1.54) is 12.2 Å². The summed E-state index contributed by atoms with van der Waals surface area (Å²) in [6, 6.07) is 0.